The van der Waals surface area contributed by atoms with E-state index in [1.165, 1.54) is 0 Å². The molecule has 1 aromatic heterocycles. The molecule has 2 rings (SSSR count). The van der Waals surface area contributed by atoms with Gasteiger partial charge in [0.2, 0.25) is 5.91 Å². The van der Waals surface area contributed by atoms with Crippen LogP contribution in [0, 0.1) is 0 Å². The maximum Gasteiger partial charge on any atom is 0.246 e. The van der Waals surface area contributed by atoms with Crippen molar-refractivity contribution < 1.29 is 4.79 Å². The highest BCUT2D eigenvalue weighted by molar-refractivity contribution is 6.00. The van der Waals surface area contributed by atoms with Crippen LogP contribution in [-0.4, -0.2) is 23.7 Å². The third kappa shape index (κ3) is 1.02. The molecule has 0 radical (unpaired) electrons. The summed E-state index contributed by atoms with van der Waals surface area (Å²) in [5.74, 6) is -0.0698. The van der Waals surface area contributed by atoms with Gasteiger partial charge in [0, 0.05) is 12.4 Å². The quantitative estimate of drug-likeness (QED) is 0.550. The van der Waals surface area contributed by atoms with E-state index in [9.17, 15) is 4.79 Å². The molecule has 0 fully saturated rings. The third-order valence-corrected chi connectivity index (χ3v) is 1.51. The molecule has 1 amide bonds. The van der Waals surface area contributed by atoms with Crippen molar-refractivity contribution in [3.8, 4) is 0 Å². The van der Waals surface area contributed by atoms with Crippen LogP contribution in [0.25, 0.3) is 0 Å². The normalized spacial score (nSPS) is 15.5. The fourth-order valence-electron chi connectivity index (χ4n) is 1.01. The molecule has 11 heavy (non-hydrogen) atoms. The lowest BCUT2D eigenvalue weighted by Gasteiger charge is -1.96. The molecular formula is C7H7N3O. The van der Waals surface area contributed by atoms with Crippen LogP contribution in [0.3, 0.4) is 0 Å². The molecule has 4 heteroatoms. The number of aliphatic imine (C=N–C) groups is 1. The molecule has 1 aliphatic rings. The maximum absolute atomic E-state index is 10.9. The molecule has 0 atom stereocenters. The van der Waals surface area contributed by atoms with E-state index in [0.717, 1.165) is 11.4 Å². The molecule has 0 aliphatic carbocycles. The molecule has 0 bridgehead atoms. The van der Waals surface area contributed by atoms with E-state index in [0.29, 0.717) is 0 Å². The number of hydrogen-bond donors (Lipinski definition) is 2. The lowest BCUT2D eigenvalue weighted by molar-refractivity contribution is -0.114. The van der Waals surface area contributed by atoms with Crippen LogP contribution in [0.5, 0.6) is 0 Å². The van der Waals surface area contributed by atoms with Crippen molar-refractivity contribution >= 4 is 17.8 Å². The standard InChI is InChI=1S/C7H7N3O/c11-7-4-8-3-6-5(10-7)1-2-9-6/h1-3,9H,4H2,(H,10,11). The highest BCUT2D eigenvalue weighted by Gasteiger charge is 2.08. The van der Waals surface area contributed by atoms with Gasteiger partial charge in [0.15, 0.2) is 0 Å². The Bertz CT molecular complexity index is 313. The summed E-state index contributed by atoms with van der Waals surface area (Å²) in [5.41, 5.74) is 1.66. The molecule has 0 aromatic carbocycles. The molecule has 1 aliphatic heterocycles. The highest BCUT2D eigenvalue weighted by Crippen LogP contribution is 2.12. The van der Waals surface area contributed by atoms with Gasteiger partial charge in [-0.25, -0.2) is 0 Å². The number of aromatic nitrogens is 1. The summed E-state index contributed by atoms with van der Waals surface area (Å²) < 4.78 is 0. The lowest BCUT2D eigenvalue weighted by Crippen LogP contribution is -2.12. The van der Waals surface area contributed by atoms with Gasteiger partial charge in [-0.1, -0.05) is 0 Å². The zero-order valence-electron chi connectivity index (χ0n) is 5.79. The van der Waals surface area contributed by atoms with E-state index in [1.54, 1.807) is 12.4 Å². The van der Waals surface area contributed by atoms with Crippen LogP contribution < -0.4 is 5.32 Å². The highest BCUT2D eigenvalue weighted by atomic mass is 16.1. The second-order valence-electron chi connectivity index (χ2n) is 2.32. The molecule has 1 aromatic rings. The van der Waals surface area contributed by atoms with Gasteiger partial charge >= 0.3 is 0 Å². The predicted octanol–water partition coefficient (Wildman–Crippen LogP) is 0.386. The first-order valence-corrected chi connectivity index (χ1v) is 3.33. The molecule has 0 unspecified atom stereocenters. The van der Waals surface area contributed by atoms with E-state index in [2.05, 4.69) is 15.3 Å². The molecular weight excluding hydrogens is 142 g/mol. The van der Waals surface area contributed by atoms with E-state index in [-0.39, 0.29) is 12.5 Å². The maximum atomic E-state index is 10.9. The Labute approximate surface area is 63.3 Å². The second kappa shape index (κ2) is 2.23. The number of carbonyl (C=O) groups excluding carboxylic acids is 1. The van der Waals surface area contributed by atoms with Crippen LogP contribution in [0.4, 0.5) is 5.69 Å². The number of nitrogens with zero attached hydrogens (tertiary/aromatic N) is 1. The molecule has 2 N–H and O–H groups in total. The zero-order chi connectivity index (χ0) is 7.68. The Kier molecular flexibility index (Phi) is 1.25. The SMILES string of the molecule is O=C1CN=Cc2[nH]ccc2N1. The Morgan fingerprint density at radius 2 is 2.45 bits per heavy atom. The number of aromatic amines is 1. The smallest absolute Gasteiger partial charge is 0.246 e. The van der Waals surface area contributed by atoms with Gasteiger partial charge in [-0.2, -0.15) is 0 Å². The summed E-state index contributed by atoms with van der Waals surface area (Å²) in [6.45, 7) is 0.211. The molecule has 0 spiro atoms. The Hall–Kier alpha value is -1.58. The van der Waals surface area contributed by atoms with Crippen molar-refractivity contribution in [2.75, 3.05) is 11.9 Å². The number of amides is 1. The van der Waals surface area contributed by atoms with E-state index >= 15 is 0 Å². The first kappa shape index (κ1) is 6.15. The molecule has 4 nitrogen and oxygen atoms in total. The fourth-order valence-corrected chi connectivity index (χ4v) is 1.01. The summed E-state index contributed by atoms with van der Waals surface area (Å²) in [5, 5.41) is 2.71. The number of rotatable bonds is 0. The van der Waals surface area contributed by atoms with Crippen molar-refractivity contribution in [1.82, 2.24) is 4.98 Å². The number of fused-ring (bicyclic) bond motifs is 1. The van der Waals surface area contributed by atoms with Gasteiger partial charge in [-0.15, -0.1) is 0 Å². The van der Waals surface area contributed by atoms with Crippen LogP contribution in [-0.2, 0) is 4.79 Å². The summed E-state index contributed by atoms with van der Waals surface area (Å²) in [7, 11) is 0. The van der Waals surface area contributed by atoms with Crippen molar-refractivity contribution in [2.24, 2.45) is 4.99 Å². The number of carbonyl (C=O) groups is 1. The summed E-state index contributed by atoms with van der Waals surface area (Å²) in [6.07, 6.45) is 3.43. The first-order valence-electron chi connectivity index (χ1n) is 3.33. The third-order valence-electron chi connectivity index (χ3n) is 1.51. The number of anilines is 1. The largest absolute Gasteiger partial charge is 0.359 e. The van der Waals surface area contributed by atoms with Gasteiger partial charge in [-0.3, -0.25) is 9.79 Å². The molecule has 0 saturated heterocycles. The Morgan fingerprint density at radius 1 is 1.55 bits per heavy atom. The van der Waals surface area contributed by atoms with Gasteiger partial charge < -0.3 is 10.3 Å². The van der Waals surface area contributed by atoms with Gasteiger partial charge in [0.1, 0.15) is 6.54 Å². The zero-order valence-corrected chi connectivity index (χ0v) is 5.79. The van der Waals surface area contributed by atoms with Crippen molar-refractivity contribution in [1.29, 1.82) is 0 Å². The van der Waals surface area contributed by atoms with Crippen LogP contribution in [0.2, 0.25) is 0 Å². The summed E-state index contributed by atoms with van der Waals surface area (Å²) in [4.78, 5) is 17.8. The van der Waals surface area contributed by atoms with Crippen molar-refractivity contribution in [2.45, 2.75) is 0 Å². The van der Waals surface area contributed by atoms with E-state index < -0.39 is 0 Å². The monoisotopic (exact) mass is 149 g/mol. The minimum absolute atomic E-state index is 0.0698. The van der Waals surface area contributed by atoms with Gasteiger partial charge in [0.05, 0.1) is 11.4 Å². The van der Waals surface area contributed by atoms with Crippen molar-refractivity contribution in [3.63, 3.8) is 0 Å². The van der Waals surface area contributed by atoms with Gasteiger partial charge in [-0.05, 0) is 6.07 Å². The summed E-state index contributed by atoms with van der Waals surface area (Å²) in [6, 6.07) is 1.81. The second-order valence-corrected chi connectivity index (χ2v) is 2.32. The Balaban J connectivity index is 2.44. The fraction of sp³-hybridized carbons (Fsp3) is 0.143. The first-order chi connectivity index (χ1) is 5.36. The average Bonchev–Trinajstić information content (AvgIpc) is 2.31. The van der Waals surface area contributed by atoms with Gasteiger partial charge in [0.25, 0.3) is 0 Å². The van der Waals surface area contributed by atoms with E-state index in [1.807, 2.05) is 6.07 Å². The van der Waals surface area contributed by atoms with Crippen LogP contribution in [0.1, 0.15) is 5.69 Å². The predicted molar refractivity (Wildman–Crippen MR) is 41.9 cm³/mol. The topological polar surface area (TPSA) is 57.2 Å². The number of hydrogen-bond acceptors (Lipinski definition) is 2. The van der Waals surface area contributed by atoms with Crippen molar-refractivity contribution in [3.05, 3.63) is 18.0 Å². The van der Waals surface area contributed by atoms with E-state index in [4.69, 9.17) is 0 Å². The van der Waals surface area contributed by atoms with Crippen LogP contribution in [0.15, 0.2) is 17.3 Å². The molecule has 0 saturated carbocycles. The number of H-pyrrole nitrogens is 1. The minimum Gasteiger partial charge on any atom is -0.359 e. The summed E-state index contributed by atoms with van der Waals surface area (Å²) >= 11 is 0. The number of nitrogens with one attached hydrogen (secondary N) is 2. The average molecular weight is 149 g/mol. The van der Waals surface area contributed by atoms with Crippen LogP contribution >= 0.6 is 0 Å². The molecule has 56 valence electrons. The lowest BCUT2D eigenvalue weighted by atomic mass is 10.4. The molecule has 2 heterocycles. The minimum atomic E-state index is -0.0698. The Morgan fingerprint density at radius 3 is 3.36 bits per heavy atom.